The minimum Gasteiger partial charge on any atom is -0.496 e. The molecule has 2 aliphatic heterocycles. The Labute approximate surface area is 147 Å². The largest absolute Gasteiger partial charge is 0.496 e. The van der Waals surface area contributed by atoms with Crippen LogP contribution in [0.15, 0.2) is 18.2 Å². The Hall–Kier alpha value is -2.44. The molecule has 0 unspecified atom stereocenters. The third-order valence-corrected chi connectivity index (χ3v) is 5.03. The van der Waals surface area contributed by atoms with Crippen molar-refractivity contribution < 1.29 is 23.8 Å². The topological polar surface area (TPSA) is 68.3 Å². The smallest absolute Gasteiger partial charge is 0.410 e. The van der Waals surface area contributed by atoms with Crippen LogP contribution in [0.4, 0.5) is 4.79 Å². The minimum atomic E-state index is -0.464. The first kappa shape index (κ1) is 17.4. The maximum absolute atomic E-state index is 13.0. The molecule has 0 aliphatic carbocycles. The Bertz CT molecular complexity index is 645. The fourth-order valence-electron chi connectivity index (χ4n) is 3.53. The van der Waals surface area contributed by atoms with Gasteiger partial charge in [-0.05, 0) is 19.1 Å². The number of nitrogens with zero attached hydrogens (tertiary/aromatic N) is 2. The van der Waals surface area contributed by atoms with Gasteiger partial charge in [0.2, 0.25) is 0 Å². The molecule has 0 N–H and O–H groups in total. The zero-order chi connectivity index (χ0) is 18.0. The van der Waals surface area contributed by atoms with Gasteiger partial charge in [-0.1, -0.05) is 6.07 Å². The number of hydrogen-bond acceptors (Lipinski definition) is 5. The normalized spacial score (nSPS) is 19.1. The fraction of sp³-hybridized carbons (Fsp3) is 0.556. The number of likely N-dealkylation sites (N-methyl/N-ethyl adjacent to an activating group) is 1. The van der Waals surface area contributed by atoms with Gasteiger partial charge in [0.15, 0.2) is 0 Å². The van der Waals surface area contributed by atoms with Crippen molar-refractivity contribution in [1.29, 1.82) is 0 Å². The molecule has 2 fully saturated rings. The zero-order valence-electron chi connectivity index (χ0n) is 14.9. The summed E-state index contributed by atoms with van der Waals surface area (Å²) in [5.41, 5.74) is -0.0311. The summed E-state index contributed by atoms with van der Waals surface area (Å²) in [5.74, 6) is 0.865. The molecular weight excluding hydrogens is 324 g/mol. The lowest BCUT2D eigenvalue weighted by molar-refractivity contribution is 0.00301. The van der Waals surface area contributed by atoms with Crippen LogP contribution >= 0.6 is 0 Å². The van der Waals surface area contributed by atoms with E-state index in [-0.39, 0.29) is 12.0 Å². The van der Waals surface area contributed by atoms with Crippen molar-refractivity contribution >= 4 is 12.0 Å². The number of hydrogen-bond donors (Lipinski definition) is 0. The lowest BCUT2D eigenvalue weighted by Crippen LogP contribution is -2.48. The van der Waals surface area contributed by atoms with Gasteiger partial charge in [-0.15, -0.1) is 0 Å². The Morgan fingerprint density at radius 3 is 2.28 bits per heavy atom. The maximum Gasteiger partial charge on any atom is 0.410 e. The predicted octanol–water partition coefficient (Wildman–Crippen LogP) is 2.15. The maximum atomic E-state index is 13.0. The number of benzene rings is 1. The van der Waals surface area contributed by atoms with E-state index in [1.54, 1.807) is 28.0 Å². The Balaban J connectivity index is 1.74. The molecule has 7 heteroatoms. The summed E-state index contributed by atoms with van der Waals surface area (Å²) in [7, 11) is 3.07. The molecule has 0 bridgehead atoms. The summed E-state index contributed by atoms with van der Waals surface area (Å²) in [6, 6.07) is 5.29. The quantitative estimate of drug-likeness (QED) is 0.834. The van der Waals surface area contributed by atoms with Crippen molar-refractivity contribution in [3.8, 4) is 11.5 Å². The average molecular weight is 348 g/mol. The molecule has 0 atom stereocenters. The first-order chi connectivity index (χ1) is 12.0. The second kappa shape index (κ2) is 6.82. The lowest BCUT2D eigenvalue weighted by atomic mass is 9.91. The van der Waals surface area contributed by atoms with Crippen LogP contribution < -0.4 is 9.47 Å². The third kappa shape index (κ3) is 3.10. The number of carbonyl (C=O) groups is 2. The summed E-state index contributed by atoms with van der Waals surface area (Å²) in [5, 5.41) is 0. The monoisotopic (exact) mass is 348 g/mol. The predicted molar refractivity (Wildman–Crippen MR) is 91.1 cm³/mol. The van der Waals surface area contributed by atoms with Gasteiger partial charge in [0, 0.05) is 32.5 Å². The van der Waals surface area contributed by atoms with Crippen molar-refractivity contribution in [1.82, 2.24) is 9.80 Å². The molecule has 136 valence electrons. The summed E-state index contributed by atoms with van der Waals surface area (Å²) in [6.45, 7) is 4.24. The molecule has 7 nitrogen and oxygen atoms in total. The average Bonchev–Trinajstić information content (AvgIpc) is 2.96. The van der Waals surface area contributed by atoms with E-state index in [0.717, 1.165) is 0 Å². The Morgan fingerprint density at radius 1 is 1.20 bits per heavy atom. The van der Waals surface area contributed by atoms with Crippen molar-refractivity contribution in [3.05, 3.63) is 23.8 Å². The SMILES string of the molecule is CCN1CC2(CCN(C(=O)c3c(OC)cccc3OC)CC2)OC1=O. The van der Waals surface area contributed by atoms with Crippen LogP contribution in [0, 0.1) is 0 Å². The Morgan fingerprint density at radius 2 is 1.80 bits per heavy atom. The van der Waals surface area contributed by atoms with E-state index >= 15 is 0 Å². The minimum absolute atomic E-state index is 0.124. The molecule has 2 heterocycles. The molecule has 0 aromatic heterocycles. The second-order valence-electron chi connectivity index (χ2n) is 6.39. The number of likely N-dealkylation sites (tertiary alicyclic amines) is 1. The highest BCUT2D eigenvalue weighted by Gasteiger charge is 2.47. The third-order valence-electron chi connectivity index (χ3n) is 5.03. The first-order valence-electron chi connectivity index (χ1n) is 8.52. The van der Waals surface area contributed by atoms with Gasteiger partial charge >= 0.3 is 6.09 Å². The van der Waals surface area contributed by atoms with E-state index in [2.05, 4.69) is 0 Å². The van der Waals surface area contributed by atoms with Gasteiger partial charge in [0.25, 0.3) is 5.91 Å². The van der Waals surface area contributed by atoms with Crippen LogP contribution in [0.5, 0.6) is 11.5 Å². The highest BCUT2D eigenvalue weighted by atomic mass is 16.6. The number of ether oxygens (including phenoxy) is 3. The molecule has 1 aromatic carbocycles. The lowest BCUT2D eigenvalue weighted by Gasteiger charge is -2.37. The molecule has 1 spiro atoms. The van der Waals surface area contributed by atoms with Crippen molar-refractivity contribution in [2.24, 2.45) is 0 Å². The van der Waals surface area contributed by atoms with Crippen LogP contribution in [-0.2, 0) is 4.74 Å². The molecule has 2 saturated heterocycles. The summed E-state index contributed by atoms with van der Waals surface area (Å²) in [4.78, 5) is 28.3. The molecule has 3 rings (SSSR count). The van der Waals surface area contributed by atoms with Gasteiger partial charge in [-0.25, -0.2) is 4.79 Å². The standard InChI is InChI=1S/C18H24N2O5/c1-4-19-12-18(25-17(19)22)8-10-20(11-9-18)16(21)15-13(23-2)6-5-7-14(15)24-3/h5-7H,4,8-12H2,1-3H3. The van der Waals surface area contributed by atoms with E-state index in [1.807, 2.05) is 6.92 Å². The highest BCUT2D eigenvalue weighted by Crippen LogP contribution is 2.35. The number of amides is 2. The number of methoxy groups -OCH3 is 2. The summed E-state index contributed by atoms with van der Waals surface area (Å²) >= 11 is 0. The van der Waals surface area contributed by atoms with E-state index < -0.39 is 5.60 Å². The summed E-state index contributed by atoms with van der Waals surface area (Å²) in [6.07, 6.45) is 1.02. The van der Waals surface area contributed by atoms with E-state index in [0.29, 0.717) is 56.1 Å². The van der Waals surface area contributed by atoms with Crippen molar-refractivity contribution in [2.45, 2.75) is 25.4 Å². The van der Waals surface area contributed by atoms with Crippen LogP contribution in [-0.4, -0.2) is 67.8 Å². The van der Waals surface area contributed by atoms with Gasteiger partial charge in [0.05, 0.1) is 20.8 Å². The van der Waals surface area contributed by atoms with E-state index in [9.17, 15) is 9.59 Å². The molecule has 2 amide bonds. The van der Waals surface area contributed by atoms with Crippen LogP contribution in [0.3, 0.4) is 0 Å². The molecule has 25 heavy (non-hydrogen) atoms. The number of carbonyl (C=O) groups excluding carboxylic acids is 2. The van der Waals surface area contributed by atoms with Gasteiger partial charge < -0.3 is 24.0 Å². The van der Waals surface area contributed by atoms with Crippen LogP contribution in [0.25, 0.3) is 0 Å². The van der Waals surface area contributed by atoms with Gasteiger partial charge in [-0.3, -0.25) is 4.79 Å². The number of rotatable bonds is 4. The Kier molecular flexibility index (Phi) is 4.74. The van der Waals surface area contributed by atoms with Crippen LogP contribution in [0.1, 0.15) is 30.1 Å². The molecule has 0 saturated carbocycles. The molecular formula is C18H24N2O5. The molecule has 2 aliphatic rings. The number of piperidine rings is 1. The van der Waals surface area contributed by atoms with E-state index in [1.165, 1.54) is 14.2 Å². The van der Waals surface area contributed by atoms with Crippen molar-refractivity contribution in [2.75, 3.05) is 40.4 Å². The fourth-order valence-corrected chi connectivity index (χ4v) is 3.53. The van der Waals surface area contributed by atoms with Crippen LogP contribution in [0.2, 0.25) is 0 Å². The zero-order valence-corrected chi connectivity index (χ0v) is 14.9. The molecule has 1 aromatic rings. The second-order valence-corrected chi connectivity index (χ2v) is 6.39. The molecule has 0 radical (unpaired) electrons. The van der Waals surface area contributed by atoms with E-state index in [4.69, 9.17) is 14.2 Å². The van der Waals surface area contributed by atoms with Crippen molar-refractivity contribution in [3.63, 3.8) is 0 Å². The first-order valence-corrected chi connectivity index (χ1v) is 8.52. The van der Waals surface area contributed by atoms with Gasteiger partial charge in [-0.2, -0.15) is 0 Å². The van der Waals surface area contributed by atoms with Gasteiger partial charge in [0.1, 0.15) is 22.7 Å². The highest BCUT2D eigenvalue weighted by molar-refractivity contribution is 5.99. The summed E-state index contributed by atoms with van der Waals surface area (Å²) < 4.78 is 16.3.